The van der Waals surface area contributed by atoms with Crippen molar-refractivity contribution in [2.75, 3.05) is 26.2 Å². The molecule has 4 heterocycles. The van der Waals surface area contributed by atoms with Crippen LogP contribution in [0.25, 0.3) is 10.4 Å². The van der Waals surface area contributed by atoms with E-state index in [2.05, 4.69) is 5.32 Å². The summed E-state index contributed by atoms with van der Waals surface area (Å²) in [6.45, 7) is 5.18. The fraction of sp³-hybridized carbons (Fsp3) is 0.542. The summed E-state index contributed by atoms with van der Waals surface area (Å²) in [7, 11) is 0. The highest BCUT2D eigenvalue weighted by molar-refractivity contribution is 7.13. The monoisotopic (exact) mass is 429 g/mol. The number of rotatable bonds is 6. The lowest BCUT2D eigenvalue weighted by Gasteiger charge is -2.53. The molecule has 1 N–H and O–H groups in total. The topological polar surface area (TPSA) is 38.3 Å². The van der Waals surface area contributed by atoms with Crippen LogP contribution in [0, 0.1) is 17.7 Å². The molecule has 1 unspecified atom stereocenters. The summed E-state index contributed by atoms with van der Waals surface area (Å²) in [5, 5.41) is 4.91. The van der Waals surface area contributed by atoms with E-state index in [1.165, 1.54) is 63.9 Å². The molecule has 6 heteroatoms. The molecule has 1 atom stereocenters. The summed E-state index contributed by atoms with van der Waals surface area (Å²) in [5.41, 5.74) is 1.83. The number of carbonyl (C=O) groups is 1. The number of ether oxygens (including phenoxy) is 1. The fourth-order valence-corrected chi connectivity index (χ4v) is 6.46. The van der Waals surface area contributed by atoms with Gasteiger partial charge in [-0.15, -0.1) is 11.3 Å². The van der Waals surface area contributed by atoms with Gasteiger partial charge in [-0.1, -0.05) is 18.6 Å². The lowest BCUT2D eigenvalue weighted by molar-refractivity contribution is -0.949. The maximum Gasteiger partial charge on any atom is 0.407 e. The van der Waals surface area contributed by atoms with Gasteiger partial charge in [0.15, 0.2) is 6.10 Å². The van der Waals surface area contributed by atoms with Crippen molar-refractivity contribution in [3.8, 4) is 10.4 Å². The zero-order valence-corrected chi connectivity index (χ0v) is 18.1. The number of alkyl carbamates (subject to hydrolysis) is 1. The molecule has 0 spiro atoms. The average Bonchev–Trinajstić information content (AvgIpc) is 3.19. The van der Waals surface area contributed by atoms with Crippen LogP contribution < -0.4 is 5.32 Å². The molecule has 4 nitrogen and oxygen atoms in total. The number of nitrogens with one attached hydrogen (secondary N) is 1. The van der Waals surface area contributed by atoms with E-state index in [0.717, 1.165) is 32.9 Å². The van der Waals surface area contributed by atoms with Crippen LogP contribution in [0.5, 0.6) is 0 Å². The highest BCUT2D eigenvalue weighted by Gasteiger charge is 2.48. The number of piperidine rings is 3. The van der Waals surface area contributed by atoms with Crippen LogP contribution in [-0.2, 0) is 11.3 Å². The smallest absolute Gasteiger partial charge is 0.407 e. The Hall–Kier alpha value is -1.92. The molecule has 1 aromatic carbocycles. The van der Waals surface area contributed by atoms with Crippen molar-refractivity contribution in [3.63, 3.8) is 0 Å². The summed E-state index contributed by atoms with van der Waals surface area (Å²) < 4.78 is 20.7. The number of quaternary nitrogens is 1. The highest BCUT2D eigenvalue weighted by Crippen LogP contribution is 2.39. The van der Waals surface area contributed by atoms with Crippen LogP contribution in [0.1, 0.15) is 37.7 Å². The number of amides is 1. The second-order valence-electron chi connectivity index (χ2n) is 9.37. The van der Waals surface area contributed by atoms with E-state index >= 15 is 0 Å². The van der Waals surface area contributed by atoms with E-state index in [9.17, 15) is 9.18 Å². The third-order valence-electron chi connectivity index (χ3n) is 7.43. The molecule has 6 rings (SSSR count). The Morgan fingerprint density at radius 1 is 1.20 bits per heavy atom. The minimum absolute atomic E-state index is 0.0396. The molecular weight excluding hydrogens is 399 g/mol. The Labute approximate surface area is 181 Å². The van der Waals surface area contributed by atoms with Gasteiger partial charge in [0.05, 0.1) is 19.6 Å². The lowest BCUT2D eigenvalue weighted by Crippen LogP contribution is -2.66. The van der Waals surface area contributed by atoms with Gasteiger partial charge < -0.3 is 14.5 Å². The fourth-order valence-electron chi connectivity index (χ4n) is 5.54. The minimum Gasteiger partial charge on any atom is -0.440 e. The molecule has 4 fully saturated rings. The largest absolute Gasteiger partial charge is 0.440 e. The Bertz CT molecular complexity index is 902. The molecule has 1 aliphatic carbocycles. The number of nitrogens with zero attached hydrogens (tertiary/aromatic N) is 1. The Balaban J connectivity index is 1.18. The molecule has 3 saturated heterocycles. The van der Waals surface area contributed by atoms with Gasteiger partial charge in [-0.25, -0.2) is 9.18 Å². The van der Waals surface area contributed by atoms with Crippen molar-refractivity contribution >= 4 is 17.4 Å². The third-order valence-corrected chi connectivity index (χ3v) is 8.43. The van der Waals surface area contributed by atoms with E-state index in [0.29, 0.717) is 12.5 Å². The van der Waals surface area contributed by atoms with Crippen LogP contribution in [0.2, 0.25) is 0 Å². The Morgan fingerprint density at radius 2 is 2.03 bits per heavy atom. The molecular formula is C24H30FN2O2S+. The van der Waals surface area contributed by atoms with E-state index in [1.807, 2.05) is 17.5 Å². The van der Waals surface area contributed by atoms with E-state index in [4.69, 9.17) is 4.74 Å². The van der Waals surface area contributed by atoms with Gasteiger partial charge in [0.1, 0.15) is 12.4 Å². The first-order chi connectivity index (χ1) is 14.6. The number of halogens is 1. The van der Waals surface area contributed by atoms with Gasteiger partial charge in [0.2, 0.25) is 0 Å². The molecule has 1 aromatic heterocycles. The standard InChI is InChI=1S/C24H29FN2O2S/c25-21-6-2-5-19(13-21)23-20(9-12-30-23)14-26-24(28)29-22-16-27(15-17-3-1-4-17)10-7-18(22)8-11-27/h2,5-6,9,12-13,17-18,22H,1,3-4,7-8,10-11,14-16H2/p+1. The number of carbonyl (C=O) groups excluding carboxylic acids is 1. The second kappa shape index (κ2) is 8.31. The SMILES string of the molecule is O=C(NCc1ccsc1-c1cccc(F)c1)OC1C[N+]2(CC3CCC3)CCC1CC2. The summed E-state index contributed by atoms with van der Waals surface area (Å²) in [6, 6.07) is 8.57. The summed E-state index contributed by atoms with van der Waals surface area (Å²) in [6.07, 6.45) is 6.21. The molecule has 4 aliphatic rings. The minimum atomic E-state index is -0.327. The van der Waals surface area contributed by atoms with Crippen LogP contribution in [0.15, 0.2) is 35.7 Å². The second-order valence-corrected chi connectivity index (χ2v) is 10.3. The Morgan fingerprint density at radius 3 is 2.77 bits per heavy atom. The van der Waals surface area contributed by atoms with E-state index < -0.39 is 0 Å². The molecule has 3 aliphatic heterocycles. The van der Waals surface area contributed by atoms with Crippen LogP contribution in [0.4, 0.5) is 9.18 Å². The maximum absolute atomic E-state index is 13.6. The van der Waals surface area contributed by atoms with Crippen molar-refractivity contribution in [2.45, 2.75) is 44.8 Å². The summed E-state index contributed by atoms with van der Waals surface area (Å²) >= 11 is 1.56. The number of benzene rings is 1. The van der Waals surface area contributed by atoms with Gasteiger partial charge in [-0.3, -0.25) is 0 Å². The average molecular weight is 430 g/mol. The third kappa shape index (κ3) is 4.12. The molecule has 160 valence electrons. The van der Waals surface area contributed by atoms with Crippen molar-refractivity contribution in [3.05, 3.63) is 47.1 Å². The number of hydrogen-bond acceptors (Lipinski definition) is 3. The molecule has 30 heavy (non-hydrogen) atoms. The first-order valence-electron chi connectivity index (χ1n) is 11.2. The molecule has 1 amide bonds. The van der Waals surface area contributed by atoms with Gasteiger partial charge in [0.25, 0.3) is 0 Å². The normalized spacial score (nSPS) is 28.2. The highest BCUT2D eigenvalue weighted by atomic mass is 32.1. The molecule has 2 bridgehead atoms. The lowest BCUT2D eigenvalue weighted by atomic mass is 9.79. The van der Waals surface area contributed by atoms with Crippen LogP contribution in [0.3, 0.4) is 0 Å². The van der Waals surface area contributed by atoms with Gasteiger partial charge >= 0.3 is 6.09 Å². The Kier molecular flexibility index (Phi) is 5.54. The van der Waals surface area contributed by atoms with Crippen molar-refractivity contribution in [1.29, 1.82) is 0 Å². The predicted octanol–water partition coefficient (Wildman–Crippen LogP) is 5.19. The number of hydrogen-bond donors (Lipinski definition) is 1. The maximum atomic E-state index is 13.6. The van der Waals surface area contributed by atoms with E-state index in [1.54, 1.807) is 17.4 Å². The van der Waals surface area contributed by atoms with Gasteiger partial charge in [-0.05, 0) is 47.5 Å². The van der Waals surface area contributed by atoms with Crippen molar-refractivity contribution in [1.82, 2.24) is 5.32 Å². The summed E-state index contributed by atoms with van der Waals surface area (Å²) in [4.78, 5) is 13.6. The molecule has 2 aromatic rings. The number of fused-ring (bicyclic) bond motifs is 3. The van der Waals surface area contributed by atoms with E-state index in [-0.39, 0.29) is 18.0 Å². The zero-order valence-electron chi connectivity index (χ0n) is 17.3. The predicted molar refractivity (Wildman–Crippen MR) is 117 cm³/mol. The van der Waals surface area contributed by atoms with Gasteiger partial charge in [-0.2, -0.15) is 0 Å². The van der Waals surface area contributed by atoms with Crippen LogP contribution in [-0.4, -0.2) is 42.9 Å². The van der Waals surface area contributed by atoms with Gasteiger partial charge in [0, 0.05) is 36.1 Å². The van der Waals surface area contributed by atoms with Crippen molar-refractivity contribution in [2.24, 2.45) is 11.8 Å². The number of thiophene rings is 1. The zero-order chi connectivity index (χ0) is 20.6. The van der Waals surface area contributed by atoms with Crippen molar-refractivity contribution < 1.29 is 18.4 Å². The van der Waals surface area contributed by atoms with Crippen LogP contribution >= 0.6 is 11.3 Å². The quantitative estimate of drug-likeness (QED) is 0.642. The molecule has 0 radical (unpaired) electrons. The first-order valence-corrected chi connectivity index (χ1v) is 12.1. The molecule has 1 saturated carbocycles. The first kappa shape index (κ1) is 20.0. The summed E-state index contributed by atoms with van der Waals surface area (Å²) in [5.74, 6) is 1.15.